The van der Waals surface area contributed by atoms with Crippen molar-refractivity contribution in [3.05, 3.63) is 71.0 Å². The Kier molecular flexibility index (Phi) is 4.35. The first kappa shape index (κ1) is 16.2. The number of benzene rings is 2. The smallest absolute Gasteiger partial charge is 0.231 e. The summed E-state index contributed by atoms with van der Waals surface area (Å²) < 4.78 is 13.2. The highest BCUT2D eigenvalue weighted by atomic mass is 19.1. The van der Waals surface area contributed by atoms with Gasteiger partial charge in [-0.2, -0.15) is 5.26 Å². The van der Waals surface area contributed by atoms with Crippen LogP contribution in [-0.2, 0) is 10.2 Å². The van der Waals surface area contributed by atoms with Crippen LogP contribution in [-0.4, -0.2) is 5.91 Å². The number of amides is 1. The first-order chi connectivity index (χ1) is 11.5. The standard InChI is InChI=1S/C20H19FN2O/c1-14(16-5-3-15(13-22)4-6-16)23-19(24)20(11-2-12-20)17-7-9-18(21)10-8-17/h3-10,14H,2,11-12H2,1H3,(H,23,24). The summed E-state index contributed by atoms with van der Waals surface area (Å²) in [4.78, 5) is 12.9. The second-order valence-corrected chi connectivity index (χ2v) is 6.37. The summed E-state index contributed by atoms with van der Waals surface area (Å²) in [5, 5.41) is 11.9. The van der Waals surface area contributed by atoms with Gasteiger partial charge in [0.25, 0.3) is 0 Å². The number of rotatable bonds is 4. The van der Waals surface area contributed by atoms with Crippen molar-refractivity contribution >= 4 is 5.91 Å². The molecule has 1 unspecified atom stereocenters. The summed E-state index contributed by atoms with van der Waals surface area (Å²) >= 11 is 0. The number of nitrogens with zero attached hydrogens (tertiary/aromatic N) is 1. The number of hydrogen-bond donors (Lipinski definition) is 1. The van der Waals surface area contributed by atoms with E-state index in [2.05, 4.69) is 11.4 Å². The molecule has 3 rings (SSSR count). The molecule has 1 aliphatic carbocycles. The summed E-state index contributed by atoms with van der Waals surface area (Å²) in [5.41, 5.74) is 1.88. The third-order valence-corrected chi connectivity index (χ3v) is 4.93. The van der Waals surface area contributed by atoms with E-state index in [9.17, 15) is 9.18 Å². The molecule has 0 saturated heterocycles. The number of halogens is 1. The molecule has 0 spiro atoms. The lowest BCUT2D eigenvalue weighted by atomic mass is 9.63. The fourth-order valence-electron chi connectivity index (χ4n) is 3.21. The van der Waals surface area contributed by atoms with E-state index in [0.29, 0.717) is 5.56 Å². The van der Waals surface area contributed by atoms with Crippen molar-refractivity contribution in [3.63, 3.8) is 0 Å². The normalized spacial score (nSPS) is 16.5. The predicted octanol–water partition coefficient (Wildman–Crippen LogP) is 4.00. The van der Waals surface area contributed by atoms with Crippen molar-refractivity contribution in [1.29, 1.82) is 5.26 Å². The molecular formula is C20H19FN2O. The van der Waals surface area contributed by atoms with Crippen LogP contribution in [0, 0.1) is 17.1 Å². The van der Waals surface area contributed by atoms with Crippen molar-refractivity contribution in [2.75, 3.05) is 0 Å². The van der Waals surface area contributed by atoms with Gasteiger partial charge in [0, 0.05) is 0 Å². The molecule has 3 nitrogen and oxygen atoms in total. The Balaban J connectivity index is 1.77. The van der Waals surface area contributed by atoms with Crippen molar-refractivity contribution < 1.29 is 9.18 Å². The van der Waals surface area contributed by atoms with E-state index >= 15 is 0 Å². The van der Waals surface area contributed by atoms with Crippen LogP contribution in [0.25, 0.3) is 0 Å². The molecular weight excluding hydrogens is 303 g/mol. The van der Waals surface area contributed by atoms with Crippen LogP contribution in [0.1, 0.15) is 48.9 Å². The average molecular weight is 322 g/mol. The largest absolute Gasteiger partial charge is 0.349 e. The van der Waals surface area contributed by atoms with Gasteiger partial charge in [-0.25, -0.2) is 4.39 Å². The molecule has 122 valence electrons. The molecule has 0 radical (unpaired) electrons. The van der Waals surface area contributed by atoms with Gasteiger partial charge in [-0.3, -0.25) is 4.79 Å². The van der Waals surface area contributed by atoms with Gasteiger partial charge in [-0.15, -0.1) is 0 Å². The predicted molar refractivity (Wildman–Crippen MR) is 89.6 cm³/mol. The van der Waals surface area contributed by atoms with Crippen LogP contribution in [0.5, 0.6) is 0 Å². The Morgan fingerprint density at radius 3 is 2.29 bits per heavy atom. The molecule has 4 heteroatoms. The zero-order valence-corrected chi connectivity index (χ0v) is 13.6. The first-order valence-electron chi connectivity index (χ1n) is 8.12. The first-order valence-corrected chi connectivity index (χ1v) is 8.12. The summed E-state index contributed by atoms with van der Waals surface area (Å²) in [6.45, 7) is 1.93. The Labute approximate surface area is 141 Å². The zero-order chi connectivity index (χ0) is 17.2. The van der Waals surface area contributed by atoms with E-state index in [1.165, 1.54) is 12.1 Å². The van der Waals surface area contributed by atoms with Gasteiger partial charge < -0.3 is 5.32 Å². The number of hydrogen-bond acceptors (Lipinski definition) is 2. The molecule has 1 saturated carbocycles. The number of nitrogens with one attached hydrogen (secondary N) is 1. The third kappa shape index (κ3) is 2.90. The lowest BCUT2D eigenvalue weighted by Gasteiger charge is -2.41. The van der Waals surface area contributed by atoms with Gasteiger partial charge in [0.2, 0.25) is 5.91 Å². The van der Waals surface area contributed by atoms with E-state index in [0.717, 1.165) is 30.4 Å². The maximum Gasteiger partial charge on any atom is 0.231 e. The molecule has 0 heterocycles. The minimum absolute atomic E-state index is 0.0165. The van der Waals surface area contributed by atoms with E-state index in [4.69, 9.17) is 5.26 Å². The van der Waals surface area contributed by atoms with Gasteiger partial charge in [-0.1, -0.05) is 30.7 Å². The SMILES string of the molecule is CC(NC(=O)C1(c2ccc(F)cc2)CCC1)c1ccc(C#N)cc1. The Bertz CT molecular complexity index is 771. The second-order valence-electron chi connectivity index (χ2n) is 6.37. The molecule has 0 bridgehead atoms. The fourth-order valence-corrected chi connectivity index (χ4v) is 3.21. The topological polar surface area (TPSA) is 52.9 Å². The lowest BCUT2D eigenvalue weighted by Crippen LogP contribution is -2.49. The van der Waals surface area contributed by atoms with Gasteiger partial charge in [0.15, 0.2) is 0 Å². The average Bonchev–Trinajstić information content (AvgIpc) is 2.55. The molecule has 24 heavy (non-hydrogen) atoms. The molecule has 1 N–H and O–H groups in total. The number of carbonyl (C=O) groups excluding carboxylic acids is 1. The minimum Gasteiger partial charge on any atom is -0.349 e. The molecule has 1 atom stereocenters. The van der Waals surface area contributed by atoms with Crippen LogP contribution in [0.4, 0.5) is 4.39 Å². The van der Waals surface area contributed by atoms with E-state index in [1.54, 1.807) is 24.3 Å². The molecule has 0 aliphatic heterocycles. The summed E-state index contributed by atoms with van der Waals surface area (Å²) in [6.07, 6.45) is 2.56. The van der Waals surface area contributed by atoms with Crippen LogP contribution in [0.3, 0.4) is 0 Å². The highest BCUT2D eigenvalue weighted by Crippen LogP contribution is 2.44. The molecule has 1 fully saturated rings. The van der Waals surface area contributed by atoms with Gasteiger partial charge >= 0.3 is 0 Å². The van der Waals surface area contributed by atoms with Gasteiger partial charge in [0.1, 0.15) is 5.82 Å². The van der Waals surface area contributed by atoms with E-state index in [-0.39, 0.29) is 17.8 Å². The summed E-state index contributed by atoms with van der Waals surface area (Å²) in [7, 11) is 0. The fraction of sp³-hybridized carbons (Fsp3) is 0.300. The molecule has 1 aliphatic rings. The maximum absolute atomic E-state index is 13.2. The summed E-state index contributed by atoms with van der Waals surface area (Å²) in [6, 6.07) is 15.4. The van der Waals surface area contributed by atoms with Crippen LogP contribution in [0.2, 0.25) is 0 Å². The van der Waals surface area contributed by atoms with Crippen molar-refractivity contribution in [2.45, 2.75) is 37.6 Å². The van der Waals surface area contributed by atoms with E-state index in [1.807, 2.05) is 19.1 Å². The number of nitriles is 1. The van der Waals surface area contributed by atoms with Gasteiger partial charge in [-0.05, 0) is 55.2 Å². The lowest BCUT2D eigenvalue weighted by molar-refractivity contribution is -0.130. The number of carbonyl (C=O) groups is 1. The van der Waals surface area contributed by atoms with Crippen LogP contribution in [0.15, 0.2) is 48.5 Å². The maximum atomic E-state index is 13.2. The molecule has 2 aromatic carbocycles. The minimum atomic E-state index is -0.547. The monoisotopic (exact) mass is 322 g/mol. The Morgan fingerprint density at radius 2 is 1.79 bits per heavy atom. The highest BCUT2D eigenvalue weighted by molar-refractivity contribution is 5.89. The van der Waals surface area contributed by atoms with E-state index < -0.39 is 5.41 Å². The Morgan fingerprint density at radius 1 is 1.17 bits per heavy atom. The van der Waals surface area contributed by atoms with Crippen LogP contribution >= 0.6 is 0 Å². The van der Waals surface area contributed by atoms with Gasteiger partial charge in [0.05, 0.1) is 23.1 Å². The summed E-state index contributed by atoms with van der Waals surface area (Å²) in [5.74, 6) is -0.309. The van der Waals surface area contributed by atoms with Crippen molar-refractivity contribution in [2.24, 2.45) is 0 Å². The second kappa shape index (κ2) is 6.45. The molecule has 0 aromatic heterocycles. The van der Waals surface area contributed by atoms with Crippen molar-refractivity contribution in [3.8, 4) is 6.07 Å². The zero-order valence-electron chi connectivity index (χ0n) is 13.6. The highest BCUT2D eigenvalue weighted by Gasteiger charge is 2.45. The molecule has 1 amide bonds. The third-order valence-electron chi connectivity index (χ3n) is 4.93. The van der Waals surface area contributed by atoms with Crippen molar-refractivity contribution in [1.82, 2.24) is 5.32 Å². The van der Waals surface area contributed by atoms with Crippen LogP contribution < -0.4 is 5.32 Å². The molecule has 2 aromatic rings. The Hall–Kier alpha value is -2.67. The quantitative estimate of drug-likeness (QED) is 0.925.